The van der Waals surface area contributed by atoms with E-state index in [4.69, 9.17) is 9.84 Å². The van der Waals surface area contributed by atoms with Crippen LogP contribution in [0.3, 0.4) is 0 Å². The van der Waals surface area contributed by atoms with Gasteiger partial charge in [-0.3, -0.25) is 4.98 Å². The van der Waals surface area contributed by atoms with E-state index in [9.17, 15) is 9.90 Å². The van der Waals surface area contributed by atoms with E-state index in [0.717, 1.165) is 0 Å². The van der Waals surface area contributed by atoms with Crippen molar-refractivity contribution in [3.05, 3.63) is 36.0 Å². The Hall–Kier alpha value is -2.14. The fourth-order valence-corrected chi connectivity index (χ4v) is 1.79. The van der Waals surface area contributed by atoms with Crippen molar-refractivity contribution in [3.8, 4) is 5.75 Å². The minimum Gasteiger partial charge on any atom is -0.491 e. The third kappa shape index (κ3) is 3.00. The number of carboxylic acid groups (broad SMARTS) is 1. The summed E-state index contributed by atoms with van der Waals surface area (Å²) in [6.07, 6.45) is 1.36. The van der Waals surface area contributed by atoms with Crippen LogP contribution in [0, 0.1) is 0 Å². The summed E-state index contributed by atoms with van der Waals surface area (Å²) in [7, 11) is 0. The molecule has 2 rings (SSSR count). The first-order valence-corrected chi connectivity index (χ1v) is 6.01. The first-order chi connectivity index (χ1) is 9.09. The quantitative estimate of drug-likeness (QED) is 0.861. The standard InChI is InChI=1S/C14H15NO4/c1-9(16)6-7-19-12-8-15-11-5-3-2-4-10(11)13(12)14(17)18/h2-5,8-9,16H,6-7H2,1H3,(H,17,18). The number of hydrogen-bond donors (Lipinski definition) is 2. The van der Waals surface area contributed by atoms with Gasteiger partial charge in [0.05, 0.1) is 24.4 Å². The number of carboxylic acids is 1. The normalized spacial score (nSPS) is 12.3. The number of aromatic carboxylic acids is 1. The van der Waals surface area contributed by atoms with Gasteiger partial charge in [-0.15, -0.1) is 0 Å². The minimum absolute atomic E-state index is 0.108. The Kier molecular flexibility index (Phi) is 3.97. The molecule has 0 aliphatic rings. The third-order valence-corrected chi connectivity index (χ3v) is 2.75. The molecule has 0 aliphatic heterocycles. The van der Waals surface area contributed by atoms with Gasteiger partial charge < -0.3 is 14.9 Å². The van der Waals surface area contributed by atoms with Crippen LogP contribution >= 0.6 is 0 Å². The molecule has 0 bridgehead atoms. The molecule has 0 saturated carbocycles. The Labute approximate surface area is 110 Å². The Bertz CT molecular complexity index is 595. The second kappa shape index (κ2) is 5.67. The van der Waals surface area contributed by atoms with Crippen molar-refractivity contribution in [3.63, 3.8) is 0 Å². The molecule has 1 aromatic carbocycles. The molecule has 1 heterocycles. The molecule has 2 N–H and O–H groups in total. The average Bonchev–Trinajstić information content (AvgIpc) is 2.37. The largest absolute Gasteiger partial charge is 0.491 e. The maximum absolute atomic E-state index is 11.4. The van der Waals surface area contributed by atoms with Crippen LogP contribution < -0.4 is 4.74 Å². The molecule has 1 atom stereocenters. The monoisotopic (exact) mass is 261 g/mol. The third-order valence-electron chi connectivity index (χ3n) is 2.75. The van der Waals surface area contributed by atoms with Gasteiger partial charge in [0.1, 0.15) is 5.56 Å². The van der Waals surface area contributed by atoms with Crippen LogP contribution in [0.1, 0.15) is 23.7 Å². The fraction of sp³-hybridized carbons (Fsp3) is 0.286. The first kappa shape index (κ1) is 13.3. The number of pyridine rings is 1. The molecule has 0 radical (unpaired) electrons. The van der Waals surface area contributed by atoms with Gasteiger partial charge in [0.15, 0.2) is 5.75 Å². The van der Waals surface area contributed by atoms with Gasteiger partial charge in [0.25, 0.3) is 0 Å². The van der Waals surface area contributed by atoms with E-state index < -0.39 is 12.1 Å². The van der Waals surface area contributed by atoms with Gasteiger partial charge in [0.2, 0.25) is 0 Å². The van der Waals surface area contributed by atoms with Crippen molar-refractivity contribution in [2.24, 2.45) is 0 Å². The molecule has 1 aromatic heterocycles. The molecule has 0 fully saturated rings. The number of hydrogen-bond acceptors (Lipinski definition) is 4. The zero-order valence-electron chi connectivity index (χ0n) is 10.5. The highest BCUT2D eigenvalue weighted by Gasteiger charge is 2.16. The van der Waals surface area contributed by atoms with Crippen LogP contribution in [-0.2, 0) is 0 Å². The molecular formula is C14H15NO4. The van der Waals surface area contributed by atoms with E-state index in [-0.39, 0.29) is 17.9 Å². The number of ether oxygens (including phenoxy) is 1. The van der Waals surface area contributed by atoms with Gasteiger partial charge in [0, 0.05) is 11.8 Å². The van der Waals surface area contributed by atoms with Crippen LogP contribution in [0.4, 0.5) is 0 Å². The summed E-state index contributed by atoms with van der Waals surface area (Å²) in [5.74, 6) is -0.822. The molecule has 0 aliphatic carbocycles. The van der Waals surface area contributed by atoms with Crippen molar-refractivity contribution in [2.45, 2.75) is 19.4 Å². The Morgan fingerprint density at radius 2 is 2.16 bits per heavy atom. The molecule has 0 saturated heterocycles. The smallest absolute Gasteiger partial charge is 0.340 e. The van der Waals surface area contributed by atoms with E-state index in [0.29, 0.717) is 17.3 Å². The lowest BCUT2D eigenvalue weighted by molar-refractivity contribution is 0.0693. The maximum Gasteiger partial charge on any atom is 0.340 e. The summed E-state index contributed by atoms with van der Waals surface area (Å²) in [5.41, 5.74) is 0.721. The number of para-hydroxylation sites is 1. The molecular weight excluding hydrogens is 246 g/mol. The number of carbonyl (C=O) groups is 1. The summed E-state index contributed by atoms with van der Waals surface area (Å²) in [6.45, 7) is 1.90. The van der Waals surface area contributed by atoms with Gasteiger partial charge in [-0.25, -0.2) is 4.79 Å². The lowest BCUT2D eigenvalue weighted by atomic mass is 10.1. The summed E-state index contributed by atoms with van der Waals surface area (Å²) in [6, 6.07) is 7.01. The lowest BCUT2D eigenvalue weighted by Gasteiger charge is -2.11. The Morgan fingerprint density at radius 1 is 1.42 bits per heavy atom. The summed E-state index contributed by atoms with van der Waals surface area (Å²) in [5, 5.41) is 19.0. The second-order valence-corrected chi connectivity index (χ2v) is 4.31. The molecule has 5 heteroatoms. The van der Waals surface area contributed by atoms with Crippen LogP contribution in [0.15, 0.2) is 30.5 Å². The molecule has 5 nitrogen and oxygen atoms in total. The topological polar surface area (TPSA) is 79.7 Å². The van der Waals surface area contributed by atoms with E-state index in [1.54, 1.807) is 31.2 Å². The Morgan fingerprint density at radius 3 is 2.84 bits per heavy atom. The SMILES string of the molecule is CC(O)CCOc1cnc2ccccc2c1C(=O)O. The Balaban J connectivity index is 2.37. The van der Waals surface area contributed by atoms with Gasteiger partial charge in [-0.1, -0.05) is 18.2 Å². The predicted molar refractivity (Wildman–Crippen MR) is 70.5 cm³/mol. The molecule has 19 heavy (non-hydrogen) atoms. The average molecular weight is 261 g/mol. The summed E-state index contributed by atoms with van der Waals surface area (Å²) < 4.78 is 5.41. The molecule has 100 valence electrons. The van der Waals surface area contributed by atoms with Crippen molar-refractivity contribution < 1.29 is 19.7 Å². The van der Waals surface area contributed by atoms with Gasteiger partial charge in [-0.05, 0) is 13.0 Å². The molecule has 1 unspecified atom stereocenters. The number of benzene rings is 1. The van der Waals surface area contributed by atoms with Crippen LogP contribution in [-0.4, -0.2) is 33.9 Å². The maximum atomic E-state index is 11.4. The van der Waals surface area contributed by atoms with Crippen LogP contribution in [0.5, 0.6) is 5.75 Å². The van der Waals surface area contributed by atoms with E-state index in [1.807, 2.05) is 0 Å². The van der Waals surface area contributed by atoms with Crippen molar-refractivity contribution in [1.29, 1.82) is 0 Å². The molecule has 0 amide bonds. The summed E-state index contributed by atoms with van der Waals surface area (Å²) in [4.78, 5) is 15.5. The van der Waals surface area contributed by atoms with Crippen LogP contribution in [0.25, 0.3) is 10.9 Å². The van der Waals surface area contributed by atoms with Crippen molar-refractivity contribution in [2.75, 3.05) is 6.61 Å². The highest BCUT2D eigenvalue weighted by molar-refractivity contribution is 6.04. The molecule has 0 spiro atoms. The van der Waals surface area contributed by atoms with Crippen molar-refractivity contribution in [1.82, 2.24) is 4.98 Å². The van der Waals surface area contributed by atoms with E-state index >= 15 is 0 Å². The fourth-order valence-electron chi connectivity index (χ4n) is 1.79. The van der Waals surface area contributed by atoms with Crippen molar-refractivity contribution >= 4 is 16.9 Å². The first-order valence-electron chi connectivity index (χ1n) is 6.01. The number of aliphatic hydroxyl groups is 1. The predicted octanol–water partition coefficient (Wildman–Crippen LogP) is 2.08. The highest BCUT2D eigenvalue weighted by atomic mass is 16.5. The van der Waals surface area contributed by atoms with E-state index in [1.165, 1.54) is 6.20 Å². The highest BCUT2D eigenvalue weighted by Crippen LogP contribution is 2.26. The number of nitrogens with zero attached hydrogens (tertiary/aromatic N) is 1. The minimum atomic E-state index is -1.05. The zero-order chi connectivity index (χ0) is 13.8. The lowest BCUT2D eigenvalue weighted by Crippen LogP contribution is -2.10. The van der Waals surface area contributed by atoms with Gasteiger partial charge in [-0.2, -0.15) is 0 Å². The van der Waals surface area contributed by atoms with Gasteiger partial charge >= 0.3 is 5.97 Å². The van der Waals surface area contributed by atoms with E-state index in [2.05, 4.69) is 4.98 Å². The number of rotatable bonds is 5. The second-order valence-electron chi connectivity index (χ2n) is 4.31. The zero-order valence-corrected chi connectivity index (χ0v) is 10.5. The number of fused-ring (bicyclic) bond motifs is 1. The summed E-state index contributed by atoms with van der Waals surface area (Å²) >= 11 is 0. The molecule has 2 aromatic rings. The van der Waals surface area contributed by atoms with Crippen LogP contribution in [0.2, 0.25) is 0 Å². The number of aliphatic hydroxyl groups excluding tert-OH is 1. The number of aromatic nitrogens is 1.